The molecule has 0 radical (unpaired) electrons. The maximum Gasteiger partial charge on any atom is 0.196 e. The van der Waals surface area contributed by atoms with Gasteiger partial charge in [0.15, 0.2) is 5.83 Å². The molecule has 0 aromatic rings. The number of hydrogen-bond donors (Lipinski definition) is 0. The molecule has 2 aliphatic rings. The SMILES string of the molecule is C=C(C1CCC(CC/C=C(\F)C#N)CC1)C1CCC(CCCCC)CC1. The summed E-state index contributed by atoms with van der Waals surface area (Å²) < 4.78 is 12.9. The summed E-state index contributed by atoms with van der Waals surface area (Å²) >= 11 is 0. The average molecular weight is 360 g/mol. The van der Waals surface area contributed by atoms with Crippen LogP contribution in [0.2, 0.25) is 0 Å². The van der Waals surface area contributed by atoms with Gasteiger partial charge in [0, 0.05) is 0 Å². The second kappa shape index (κ2) is 11.6. The molecule has 0 saturated heterocycles. The molecule has 0 aliphatic heterocycles. The second-order valence-electron chi connectivity index (χ2n) is 8.75. The fraction of sp³-hybridized carbons (Fsp3) is 0.792. The summed E-state index contributed by atoms with van der Waals surface area (Å²) in [5, 5.41) is 8.46. The number of rotatable bonds is 9. The zero-order valence-electron chi connectivity index (χ0n) is 16.8. The van der Waals surface area contributed by atoms with Crippen LogP contribution in [-0.4, -0.2) is 0 Å². The van der Waals surface area contributed by atoms with Crippen LogP contribution >= 0.6 is 0 Å². The van der Waals surface area contributed by atoms with Gasteiger partial charge in [-0.3, -0.25) is 0 Å². The van der Waals surface area contributed by atoms with Crippen LogP contribution in [-0.2, 0) is 0 Å². The van der Waals surface area contributed by atoms with E-state index >= 15 is 0 Å². The molecular formula is C24H38FN. The Balaban J connectivity index is 1.65. The van der Waals surface area contributed by atoms with Crippen molar-refractivity contribution in [2.24, 2.45) is 23.7 Å². The molecule has 2 aliphatic carbocycles. The molecule has 2 heteroatoms. The van der Waals surface area contributed by atoms with Gasteiger partial charge in [-0.2, -0.15) is 9.65 Å². The van der Waals surface area contributed by atoms with E-state index in [4.69, 9.17) is 5.26 Å². The van der Waals surface area contributed by atoms with Gasteiger partial charge in [0.25, 0.3) is 0 Å². The molecule has 1 nitrogen and oxygen atoms in total. The third kappa shape index (κ3) is 6.90. The number of halogens is 1. The van der Waals surface area contributed by atoms with Crippen LogP contribution in [0.1, 0.15) is 96.8 Å². The highest BCUT2D eigenvalue weighted by molar-refractivity contribution is 5.11. The Kier molecular flexibility index (Phi) is 9.44. The summed E-state index contributed by atoms with van der Waals surface area (Å²) in [6, 6.07) is 1.56. The minimum absolute atomic E-state index is 0.627. The van der Waals surface area contributed by atoms with Crippen LogP contribution in [0.25, 0.3) is 0 Å². The quantitative estimate of drug-likeness (QED) is 0.233. The van der Waals surface area contributed by atoms with Crippen molar-refractivity contribution in [3.8, 4) is 6.07 Å². The summed E-state index contributed by atoms with van der Waals surface area (Å²) in [5.41, 5.74) is 1.55. The predicted octanol–water partition coefficient (Wildman–Crippen LogP) is 7.89. The molecule has 0 aromatic heterocycles. The van der Waals surface area contributed by atoms with E-state index in [0.29, 0.717) is 12.3 Å². The average Bonchev–Trinajstić information content (AvgIpc) is 2.68. The number of unbranched alkanes of at least 4 members (excludes halogenated alkanes) is 2. The predicted molar refractivity (Wildman–Crippen MR) is 108 cm³/mol. The third-order valence-corrected chi connectivity index (χ3v) is 6.96. The van der Waals surface area contributed by atoms with Crippen LogP contribution in [0.4, 0.5) is 4.39 Å². The minimum atomic E-state index is -0.627. The van der Waals surface area contributed by atoms with Crippen LogP contribution in [0.15, 0.2) is 24.1 Å². The van der Waals surface area contributed by atoms with E-state index in [2.05, 4.69) is 13.5 Å². The van der Waals surface area contributed by atoms with E-state index in [1.165, 1.54) is 83.1 Å². The van der Waals surface area contributed by atoms with Gasteiger partial charge in [0.1, 0.15) is 6.07 Å². The molecule has 2 fully saturated rings. The van der Waals surface area contributed by atoms with Crippen molar-refractivity contribution in [3.63, 3.8) is 0 Å². The molecule has 146 valence electrons. The molecule has 0 unspecified atom stereocenters. The third-order valence-electron chi connectivity index (χ3n) is 6.96. The first-order valence-corrected chi connectivity index (χ1v) is 11.1. The first-order valence-electron chi connectivity index (χ1n) is 11.1. The molecule has 0 heterocycles. The highest BCUT2D eigenvalue weighted by Gasteiger charge is 2.29. The minimum Gasteiger partial charge on any atom is -0.195 e. The van der Waals surface area contributed by atoms with Gasteiger partial charge in [-0.25, -0.2) is 0 Å². The van der Waals surface area contributed by atoms with Crippen molar-refractivity contribution < 1.29 is 4.39 Å². The highest BCUT2D eigenvalue weighted by atomic mass is 19.1. The smallest absolute Gasteiger partial charge is 0.195 e. The molecule has 0 aromatic carbocycles. The fourth-order valence-electron chi connectivity index (χ4n) is 5.15. The Labute approximate surface area is 160 Å². The second-order valence-corrected chi connectivity index (χ2v) is 8.75. The van der Waals surface area contributed by atoms with Crippen LogP contribution < -0.4 is 0 Å². The summed E-state index contributed by atoms with van der Waals surface area (Å²) in [6.45, 7) is 6.82. The van der Waals surface area contributed by atoms with E-state index < -0.39 is 5.83 Å². The first-order chi connectivity index (χ1) is 12.6. The lowest BCUT2D eigenvalue weighted by atomic mass is 9.70. The Morgan fingerprint density at radius 1 is 0.962 bits per heavy atom. The molecule has 0 amide bonds. The summed E-state index contributed by atoms with van der Waals surface area (Å²) in [4.78, 5) is 0. The lowest BCUT2D eigenvalue weighted by Crippen LogP contribution is -2.23. The monoisotopic (exact) mass is 359 g/mol. The van der Waals surface area contributed by atoms with Crippen LogP contribution in [0, 0.1) is 35.0 Å². The number of allylic oxidation sites excluding steroid dienone is 3. The van der Waals surface area contributed by atoms with E-state index in [0.717, 1.165) is 24.2 Å². The van der Waals surface area contributed by atoms with E-state index in [1.54, 1.807) is 11.6 Å². The maximum atomic E-state index is 12.9. The van der Waals surface area contributed by atoms with Crippen molar-refractivity contribution in [1.29, 1.82) is 5.26 Å². The Morgan fingerprint density at radius 2 is 1.50 bits per heavy atom. The molecule has 2 rings (SSSR count). The van der Waals surface area contributed by atoms with Gasteiger partial charge in [-0.1, -0.05) is 44.8 Å². The van der Waals surface area contributed by atoms with Gasteiger partial charge in [-0.15, -0.1) is 0 Å². The number of nitriles is 1. The van der Waals surface area contributed by atoms with Gasteiger partial charge >= 0.3 is 0 Å². The molecule has 0 spiro atoms. The van der Waals surface area contributed by atoms with Gasteiger partial charge in [-0.05, 0) is 94.0 Å². The summed E-state index contributed by atoms with van der Waals surface area (Å²) in [5.74, 6) is 2.54. The topological polar surface area (TPSA) is 23.8 Å². The zero-order valence-corrected chi connectivity index (χ0v) is 16.8. The van der Waals surface area contributed by atoms with Crippen molar-refractivity contribution in [1.82, 2.24) is 0 Å². The van der Waals surface area contributed by atoms with Crippen molar-refractivity contribution in [2.45, 2.75) is 96.8 Å². The van der Waals surface area contributed by atoms with E-state index in [9.17, 15) is 4.39 Å². The maximum absolute atomic E-state index is 12.9. The molecule has 0 atom stereocenters. The molecule has 2 saturated carbocycles. The number of nitrogens with zero attached hydrogens (tertiary/aromatic N) is 1. The Morgan fingerprint density at radius 3 is 2.00 bits per heavy atom. The number of hydrogen-bond acceptors (Lipinski definition) is 1. The summed E-state index contributed by atoms with van der Waals surface area (Å²) in [7, 11) is 0. The van der Waals surface area contributed by atoms with Crippen molar-refractivity contribution in [2.75, 3.05) is 0 Å². The van der Waals surface area contributed by atoms with E-state index in [1.807, 2.05) is 0 Å². The molecular weight excluding hydrogens is 321 g/mol. The Hall–Kier alpha value is -1.10. The van der Waals surface area contributed by atoms with Crippen LogP contribution in [0.5, 0.6) is 0 Å². The van der Waals surface area contributed by atoms with Gasteiger partial charge in [0.05, 0.1) is 0 Å². The Bertz CT molecular complexity index is 485. The van der Waals surface area contributed by atoms with E-state index in [-0.39, 0.29) is 0 Å². The molecule has 26 heavy (non-hydrogen) atoms. The largest absolute Gasteiger partial charge is 0.196 e. The van der Waals surface area contributed by atoms with Gasteiger partial charge in [0.2, 0.25) is 0 Å². The normalized spacial score (nSPS) is 30.0. The van der Waals surface area contributed by atoms with Crippen LogP contribution in [0.3, 0.4) is 0 Å². The van der Waals surface area contributed by atoms with Gasteiger partial charge < -0.3 is 0 Å². The highest BCUT2D eigenvalue weighted by Crippen LogP contribution is 2.42. The van der Waals surface area contributed by atoms with Crippen molar-refractivity contribution >= 4 is 0 Å². The van der Waals surface area contributed by atoms with Crippen molar-refractivity contribution in [3.05, 3.63) is 24.1 Å². The fourth-order valence-corrected chi connectivity index (χ4v) is 5.15. The lowest BCUT2D eigenvalue weighted by molar-refractivity contribution is 0.239. The first kappa shape index (κ1) is 21.2. The zero-order chi connectivity index (χ0) is 18.8. The standard InChI is InChI=1S/C24H38FN/c1-3-4-5-7-20-10-14-22(15-11-20)19(2)23-16-12-21(13-17-23)8-6-9-24(25)18-26/h9,20-23H,2-8,10-17H2,1H3/b24-9-. The molecule has 0 bridgehead atoms. The molecule has 0 N–H and O–H groups in total. The summed E-state index contributed by atoms with van der Waals surface area (Å²) in [6.07, 6.45) is 19.4. The lowest BCUT2D eigenvalue weighted by Gasteiger charge is -2.36.